The van der Waals surface area contributed by atoms with Gasteiger partial charge in [-0.15, -0.1) is 12.4 Å². The first-order valence-corrected chi connectivity index (χ1v) is 7.14. The fourth-order valence-corrected chi connectivity index (χ4v) is 2.83. The van der Waals surface area contributed by atoms with Gasteiger partial charge in [0.15, 0.2) is 0 Å². The molecule has 1 aromatic carbocycles. The largest absolute Gasteiger partial charge is 0.390 e. The Morgan fingerprint density at radius 2 is 1.95 bits per heavy atom. The molecule has 0 spiro atoms. The molecule has 0 aliphatic carbocycles. The summed E-state index contributed by atoms with van der Waals surface area (Å²) < 4.78 is 42.5. The lowest BCUT2D eigenvalue weighted by Crippen LogP contribution is -2.51. The number of aliphatic hydroxyl groups excluding tert-OH is 1. The van der Waals surface area contributed by atoms with Crippen LogP contribution >= 0.6 is 28.3 Å². The van der Waals surface area contributed by atoms with Gasteiger partial charge in [0, 0.05) is 31.7 Å². The second-order valence-corrected chi connectivity index (χ2v) is 5.61. The third kappa shape index (κ3) is 4.10. The molecule has 1 aromatic rings. The van der Waals surface area contributed by atoms with Crippen molar-refractivity contribution in [2.24, 2.45) is 0 Å². The Morgan fingerprint density at radius 1 is 1.33 bits per heavy atom. The smallest absolute Gasteiger partial charge is 0.290 e. The third-order valence-corrected chi connectivity index (χ3v) is 4.02. The minimum atomic E-state index is -3.40. The number of hydrogen-bond acceptors (Lipinski definition) is 3. The molecule has 1 fully saturated rings. The van der Waals surface area contributed by atoms with Gasteiger partial charge in [0.1, 0.15) is 18.5 Å². The highest BCUT2D eigenvalue weighted by atomic mass is 79.9. The first kappa shape index (κ1) is 18.7. The summed E-state index contributed by atoms with van der Waals surface area (Å²) in [5.74, 6) is -4.11. The molecule has 8 heteroatoms. The Balaban J connectivity index is 0.00000220. The van der Waals surface area contributed by atoms with Crippen molar-refractivity contribution in [3.8, 4) is 0 Å². The summed E-state index contributed by atoms with van der Waals surface area (Å²) in [6.07, 6.45) is 0. The molecular weight excluding hydrogens is 373 g/mol. The van der Waals surface area contributed by atoms with E-state index in [-0.39, 0.29) is 22.4 Å². The molecule has 0 radical (unpaired) electrons. The molecule has 0 bridgehead atoms. The molecule has 1 saturated heterocycles. The van der Waals surface area contributed by atoms with Crippen LogP contribution in [0.5, 0.6) is 0 Å². The van der Waals surface area contributed by atoms with Crippen molar-refractivity contribution in [1.82, 2.24) is 10.2 Å². The van der Waals surface area contributed by atoms with E-state index in [1.165, 1.54) is 23.1 Å². The van der Waals surface area contributed by atoms with Crippen LogP contribution in [0.2, 0.25) is 0 Å². The van der Waals surface area contributed by atoms with Gasteiger partial charge in [0.2, 0.25) is 0 Å². The van der Waals surface area contributed by atoms with Gasteiger partial charge < -0.3 is 10.4 Å². The van der Waals surface area contributed by atoms with E-state index in [9.17, 15) is 13.2 Å². The molecule has 2 N–H and O–H groups in total. The van der Waals surface area contributed by atoms with E-state index >= 15 is 0 Å². The maximum atomic E-state index is 14.2. The number of nitrogens with one attached hydrogen (secondary N) is 1. The third-order valence-electron chi connectivity index (χ3n) is 3.40. The second-order valence-electron chi connectivity index (χ2n) is 4.75. The molecule has 21 heavy (non-hydrogen) atoms. The van der Waals surface area contributed by atoms with Crippen LogP contribution < -0.4 is 5.32 Å². The Bertz CT molecular complexity index is 473. The Labute approximate surface area is 136 Å². The predicted octanol–water partition coefficient (Wildman–Crippen LogP) is 2.58. The standard InChI is InChI=1S/C13H16BrF3N2O.ClH/c14-10-3-1-2-9(11(10)15)12(13(16,17)8-20)19-6-4-18-5-7-19;/h1-3,12,18,20H,4-8H2;1H/t12-;/m1./s1. The first-order chi connectivity index (χ1) is 9.47. The maximum absolute atomic E-state index is 14.2. The van der Waals surface area contributed by atoms with Crippen molar-refractivity contribution in [2.45, 2.75) is 12.0 Å². The lowest BCUT2D eigenvalue weighted by Gasteiger charge is -2.38. The van der Waals surface area contributed by atoms with Gasteiger partial charge in [0.25, 0.3) is 5.92 Å². The molecule has 0 unspecified atom stereocenters. The molecule has 120 valence electrons. The highest BCUT2D eigenvalue weighted by Gasteiger charge is 2.45. The minimum Gasteiger partial charge on any atom is -0.390 e. The molecule has 0 amide bonds. The number of piperazine rings is 1. The number of aliphatic hydroxyl groups is 1. The first-order valence-electron chi connectivity index (χ1n) is 6.34. The van der Waals surface area contributed by atoms with Crippen LogP contribution in [0, 0.1) is 5.82 Å². The molecule has 0 aromatic heterocycles. The molecule has 1 atom stereocenters. The van der Waals surface area contributed by atoms with E-state index in [2.05, 4.69) is 21.2 Å². The molecule has 1 heterocycles. The Kier molecular flexibility index (Phi) is 6.93. The van der Waals surface area contributed by atoms with Gasteiger partial charge in [-0.05, 0) is 22.0 Å². The van der Waals surface area contributed by atoms with E-state index in [0.717, 1.165) is 0 Å². The predicted molar refractivity (Wildman–Crippen MR) is 80.6 cm³/mol. The van der Waals surface area contributed by atoms with Gasteiger partial charge in [-0.2, -0.15) is 0 Å². The van der Waals surface area contributed by atoms with Gasteiger partial charge in [-0.25, -0.2) is 13.2 Å². The van der Waals surface area contributed by atoms with Crippen molar-refractivity contribution >= 4 is 28.3 Å². The zero-order valence-corrected chi connectivity index (χ0v) is 13.6. The normalized spacial score (nSPS) is 18.1. The average Bonchev–Trinajstić information content (AvgIpc) is 2.45. The van der Waals surface area contributed by atoms with Crippen LogP contribution in [0.15, 0.2) is 22.7 Å². The summed E-state index contributed by atoms with van der Waals surface area (Å²) in [5, 5.41) is 12.1. The SMILES string of the molecule is Cl.OCC(F)(F)[C@@H](c1cccc(Br)c1F)N1CCNCC1. The number of rotatable bonds is 4. The van der Waals surface area contributed by atoms with Crippen LogP contribution in [0.3, 0.4) is 0 Å². The topological polar surface area (TPSA) is 35.5 Å². The summed E-state index contributed by atoms with van der Waals surface area (Å²) in [6.45, 7) is 0.577. The minimum absolute atomic E-state index is 0. The number of benzene rings is 1. The van der Waals surface area contributed by atoms with Crippen molar-refractivity contribution in [2.75, 3.05) is 32.8 Å². The summed E-state index contributed by atoms with van der Waals surface area (Å²) in [5.41, 5.74) is -0.0969. The Hall–Kier alpha value is -0.340. The van der Waals surface area contributed by atoms with E-state index in [4.69, 9.17) is 5.11 Å². The van der Waals surface area contributed by atoms with Gasteiger partial charge in [0.05, 0.1) is 4.47 Å². The van der Waals surface area contributed by atoms with Crippen molar-refractivity contribution in [3.05, 3.63) is 34.1 Å². The molecule has 0 saturated carbocycles. The molecule has 1 aliphatic rings. The van der Waals surface area contributed by atoms with Crippen LogP contribution in [0.25, 0.3) is 0 Å². The number of alkyl halides is 2. The summed E-state index contributed by atoms with van der Waals surface area (Å²) in [7, 11) is 0. The van der Waals surface area contributed by atoms with E-state index < -0.39 is 24.4 Å². The van der Waals surface area contributed by atoms with E-state index in [0.29, 0.717) is 26.2 Å². The summed E-state index contributed by atoms with van der Waals surface area (Å²) >= 11 is 3.01. The van der Waals surface area contributed by atoms with Crippen LogP contribution in [0.4, 0.5) is 13.2 Å². The van der Waals surface area contributed by atoms with Gasteiger partial charge in [-0.1, -0.05) is 12.1 Å². The van der Waals surface area contributed by atoms with E-state index in [1.54, 1.807) is 0 Å². The molecule has 3 nitrogen and oxygen atoms in total. The summed E-state index contributed by atoms with van der Waals surface area (Å²) in [6, 6.07) is 2.86. The molecular formula is C13H17BrClF3N2O. The fraction of sp³-hybridized carbons (Fsp3) is 0.538. The van der Waals surface area contributed by atoms with Crippen molar-refractivity contribution in [3.63, 3.8) is 0 Å². The highest BCUT2D eigenvalue weighted by Crippen LogP contribution is 2.38. The van der Waals surface area contributed by atoms with E-state index in [1.807, 2.05) is 0 Å². The highest BCUT2D eigenvalue weighted by molar-refractivity contribution is 9.10. The van der Waals surface area contributed by atoms with Gasteiger partial charge in [-0.3, -0.25) is 4.90 Å². The lowest BCUT2D eigenvalue weighted by atomic mass is 9.97. The molecule has 2 rings (SSSR count). The Morgan fingerprint density at radius 3 is 2.52 bits per heavy atom. The zero-order valence-electron chi connectivity index (χ0n) is 11.2. The quantitative estimate of drug-likeness (QED) is 0.831. The van der Waals surface area contributed by atoms with Crippen molar-refractivity contribution < 1.29 is 18.3 Å². The lowest BCUT2D eigenvalue weighted by molar-refractivity contribution is -0.119. The maximum Gasteiger partial charge on any atom is 0.290 e. The number of hydrogen-bond donors (Lipinski definition) is 2. The monoisotopic (exact) mass is 388 g/mol. The number of nitrogens with zero attached hydrogens (tertiary/aromatic N) is 1. The van der Waals surface area contributed by atoms with Crippen LogP contribution in [0.1, 0.15) is 11.6 Å². The average molecular weight is 390 g/mol. The number of halogens is 5. The molecule has 1 aliphatic heterocycles. The fourth-order valence-electron chi connectivity index (χ4n) is 2.45. The summed E-state index contributed by atoms with van der Waals surface area (Å²) in [4.78, 5) is 1.51. The zero-order chi connectivity index (χ0) is 14.8. The van der Waals surface area contributed by atoms with Crippen LogP contribution in [-0.4, -0.2) is 48.7 Å². The van der Waals surface area contributed by atoms with Crippen molar-refractivity contribution in [1.29, 1.82) is 0 Å². The van der Waals surface area contributed by atoms with Crippen LogP contribution in [-0.2, 0) is 0 Å². The van der Waals surface area contributed by atoms with Gasteiger partial charge >= 0.3 is 0 Å². The second kappa shape index (κ2) is 7.78.